The van der Waals surface area contributed by atoms with Crippen molar-refractivity contribution in [2.24, 2.45) is 0 Å². The van der Waals surface area contributed by atoms with Gasteiger partial charge in [-0.05, 0) is 24.6 Å². The van der Waals surface area contributed by atoms with Crippen LogP contribution in [0.15, 0.2) is 24.3 Å². The van der Waals surface area contributed by atoms with E-state index in [1.54, 1.807) is 18.2 Å². The summed E-state index contributed by atoms with van der Waals surface area (Å²) in [6.45, 7) is 1.82. The minimum absolute atomic E-state index is 0.325. The van der Waals surface area contributed by atoms with Crippen molar-refractivity contribution < 1.29 is 13.2 Å². The van der Waals surface area contributed by atoms with E-state index in [4.69, 9.17) is 11.6 Å². The molecule has 0 saturated heterocycles. The highest BCUT2D eigenvalue weighted by Crippen LogP contribution is 2.27. The first-order valence-electron chi connectivity index (χ1n) is 5.02. The molecule has 1 heterocycles. The van der Waals surface area contributed by atoms with E-state index in [-0.39, 0.29) is 0 Å². The molecule has 2 aromatic rings. The molecule has 1 aromatic heterocycles. The Labute approximate surface area is 106 Å². The summed E-state index contributed by atoms with van der Waals surface area (Å²) in [7, 11) is 0. The van der Waals surface area contributed by atoms with Crippen molar-refractivity contribution in [2.45, 2.75) is 6.92 Å². The SMILES string of the molecule is Cc1ccc(Cl)c(Nc2nc(F)c(F)cc2F)c1. The van der Waals surface area contributed by atoms with Gasteiger partial charge in [0.1, 0.15) is 0 Å². The molecule has 94 valence electrons. The average molecular weight is 273 g/mol. The lowest BCUT2D eigenvalue weighted by molar-refractivity contribution is 0.467. The Morgan fingerprint density at radius 1 is 1.11 bits per heavy atom. The Kier molecular flexibility index (Phi) is 3.43. The number of halogens is 4. The number of benzene rings is 1. The molecule has 0 radical (unpaired) electrons. The molecule has 0 spiro atoms. The van der Waals surface area contributed by atoms with Gasteiger partial charge in [0.2, 0.25) is 0 Å². The van der Waals surface area contributed by atoms with Crippen molar-refractivity contribution in [1.29, 1.82) is 0 Å². The molecule has 0 aliphatic rings. The fourth-order valence-corrected chi connectivity index (χ4v) is 1.56. The average Bonchev–Trinajstić information content (AvgIpc) is 2.30. The second kappa shape index (κ2) is 4.86. The highest BCUT2D eigenvalue weighted by molar-refractivity contribution is 6.33. The number of rotatable bonds is 2. The lowest BCUT2D eigenvalue weighted by Crippen LogP contribution is -2.02. The number of aryl methyl sites for hydroxylation is 1. The van der Waals surface area contributed by atoms with Crippen LogP contribution in [-0.4, -0.2) is 4.98 Å². The summed E-state index contributed by atoms with van der Waals surface area (Å²) >= 11 is 5.89. The predicted molar refractivity (Wildman–Crippen MR) is 63.6 cm³/mol. The molecule has 0 bridgehead atoms. The van der Waals surface area contributed by atoms with Crippen molar-refractivity contribution in [3.05, 3.63) is 52.4 Å². The van der Waals surface area contributed by atoms with E-state index in [0.29, 0.717) is 16.8 Å². The van der Waals surface area contributed by atoms with Gasteiger partial charge < -0.3 is 5.32 Å². The standard InChI is InChI=1S/C12H8ClF3N2/c1-6-2-3-7(13)10(4-6)17-12-9(15)5-8(14)11(16)18-12/h2-5H,1H3,(H,17,18). The molecule has 0 saturated carbocycles. The van der Waals surface area contributed by atoms with E-state index in [2.05, 4.69) is 10.3 Å². The largest absolute Gasteiger partial charge is 0.336 e. The maximum absolute atomic E-state index is 13.4. The maximum Gasteiger partial charge on any atom is 0.251 e. The third-order valence-electron chi connectivity index (χ3n) is 2.26. The summed E-state index contributed by atoms with van der Waals surface area (Å²) in [5, 5.41) is 2.85. The number of anilines is 2. The number of nitrogens with one attached hydrogen (secondary N) is 1. The number of aromatic nitrogens is 1. The molecule has 0 atom stereocenters. The van der Waals surface area contributed by atoms with Crippen molar-refractivity contribution >= 4 is 23.1 Å². The fourth-order valence-electron chi connectivity index (χ4n) is 1.39. The van der Waals surface area contributed by atoms with E-state index in [9.17, 15) is 13.2 Å². The van der Waals surface area contributed by atoms with E-state index in [0.717, 1.165) is 5.56 Å². The minimum Gasteiger partial charge on any atom is -0.336 e. The van der Waals surface area contributed by atoms with Gasteiger partial charge in [0.25, 0.3) is 5.95 Å². The normalized spacial score (nSPS) is 10.5. The second-order valence-electron chi connectivity index (χ2n) is 3.70. The lowest BCUT2D eigenvalue weighted by atomic mass is 10.2. The molecular formula is C12H8ClF3N2. The zero-order valence-electron chi connectivity index (χ0n) is 9.27. The van der Waals surface area contributed by atoms with Gasteiger partial charge in [-0.15, -0.1) is 0 Å². The molecule has 2 rings (SSSR count). The number of hydrogen-bond acceptors (Lipinski definition) is 2. The van der Waals surface area contributed by atoms with Crippen LogP contribution in [0.5, 0.6) is 0 Å². The molecule has 0 aliphatic heterocycles. The summed E-state index contributed by atoms with van der Waals surface area (Å²) in [6, 6.07) is 5.44. The summed E-state index contributed by atoms with van der Waals surface area (Å²) in [5.74, 6) is -4.12. The van der Waals surface area contributed by atoms with Crippen LogP contribution in [0.25, 0.3) is 0 Å². The summed E-state index contributed by atoms with van der Waals surface area (Å²) < 4.78 is 39.0. The monoisotopic (exact) mass is 272 g/mol. The molecule has 0 unspecified atom stereocenters. The molecule has 0 amide bonds. The molecule has 18 heavy (non-hydrogen) atoms. The Morgan fingerprint density at radius 2 is 1.83 bits per heavy atom. The van der Waals surface area contributed by atoms with Crippen LogP contribution in [-0.2, 0) is 0 Å². The van der Waals surface area contributed by atoms with E-state index < -0.39 is 23.4 Å². The zero-order chi connectivity index (χ0) is 13.3. The van der Waals surface area contributed by atoms with Gasteiger partial charge in [-0.3, -0.25) is 0 Å². The molecule has 1 N–H and O–H groups in total. The van der Waals surface area contributed by atoms with Crippen molar-refractivity contribution in [3.63, 3.8) is 0 Å². The Balaban J connectivity index is 2.40. The number of pyridine rings is 1. The van der Waals surface area contributed by atoms with Gasteiger partial charge >= 0.3 is 0 Å². The summed E-state index contributed by atoms with van der Waals surface area (Å²) in [5.41, 5.74) is 1.25. The number of hydrogen-bond donors (Lipinski definition) is 1. The van der Waals surface area contributed by atoms with Crippen LogP contribution in [0, 0.1) is 24.5 Å². The van der Waals surface area contributed by atoms with Gasteiger partial charge in [-0.25, -0.2) is 8.78 Å². The van der Waals surface area contributed by atoms with Crippen LogP contribution >= 0.6 is 11.6 Å². The highest BCUT2D eigenvalue weighted by atomic mass is 35.5. The molecule has 0 aliphatic carbocycles. The third-order valence-corrected chi connectivity index (χ3v) is 2.59. The fraction of sp³-hybridized carbons (Fsp3) is 0.0833. The van der Waals surface area contributed by atoms with Gasteiger partial charge in [0, 0.05) is 6.07 Å². The Morgan fingerprint density at radius 3 is 2.56 bits per heavy atom. The second-order valence-corrected chi connectivity index (χ2v) is 4.11. The quantitative estimate of drug-likeness (QED) is 0.829. The first-order valence-corrected chi connectivity index (χ1v) is 5.40. The van der Waals surface area contributed by atoms with Crippen LogP contribution in [0.1, 0.15) is 5.56 Å². The van der Waals surface area contributed by atoms with Gasteiger partial charge in [0.15, 0.2) is 17.5 Å². The molecular weight excluding hydrogens is 265 g/mol. The zero-order valence-corrected chi connectivity index (χ0v) is 10.0. The molecule has 0 fully saturated rings. The first kappa shape index (κ1) is 12.7. The highest BCUT2D eigenvalue weighted by Gasteiger charge is 2.12. The van der Waals surface area contributed by atoms with E-state index in [1.807, 2.05) is 6.92 Å². The lowest BCUT2D eigenvalue weighted by Gasteiger charge is -2.09. The van der Waals surface area contributed by atoms with Gasteiger partial charge in [-0.2, -0.15) is 9.37 Å². The first-order chi connectivity index (χ1) is 8.47. The molecule has 1 aromatic carbocycles. The smallest absolute Gasteiger partial charge is 0.251 e. The molecule has 2 nitrogen and oxygen atoms in total. The van der Waals surface area contributed by atoms with Crippen LogP contribution in [0.2, 0.25) is 5.02 Å². The van der Waals surface area contributed by atoms with Crippen LogP contribution in [0.3, 0.4) is 0 Å². The minimum atomic E-state index is -1.37. The Bertz CT molecular complexity index is 602. The summed E-state index contributed by atoms with van der Waals surface area (Å²) in [6.07, 6.45) is 0. The van der Waals surface area contributed by atoms with Crippen molar-refractivity contribution in [3.8, 4) is 0 Å². The maximum atomic E-state index is 13.4. The predicted octanol–water partition coefficient (Wildman–Crippen LogP) is 4.20. The topological polar surface area (TPSA) is 24.9 Å². The van der Waals surface area contributed by atoms with Crippen molar-refractivity contribution in [1.82, 2.24) is 4.98 Å². The van der Waals surface area contributed by atoms with Crippen LogP contribution < -0.4 is 5.32 Å². The van der Waals surface area contributed by atoms with Crippen LogP contribution in [0.4, 0.5) is 24.7 Å². The van der Waals surface area contributed by atoms with Crippen molar-refractivity contribution in [2.75, 3.05) is 5.32 Å². The van der Waals surface area contributed by atoms with Gasteiger partial charge in [-0.1, -0.05) is 17.7 Å². The third kappa shape index (κ3) is 2.56. The number of nitrogens with zero attached hydrogens (tertiary/aromatic N) is 1. The van der Waals surface area contributed by atoms with E-state index >= 15 is 0 Å². The Hall–Kier alpha value is -1.75. The summed E-state index contributed by atoms with van der Waals surface area (Å²) in [4.78, 5) is 3.15. The molecule has 6 heteroatoms. The van der Waals surface area contributed by atoms with Gasteiger partial charge in [0.05, 0.1) is 10.7 Å². The van der Waals surface area contributed by atoms with E-state index in [1.165, 1.54) is 0 Å².